The van der Waals surface area contributed by atoms with Crippen LogP contribution in [0.2, 0.25) is 5.15 Å². The molecule has 1 aliphatic rings. The van der Waals surface area contributed by atoms with Crippen LogP contribution in [0.5, 0.6) is 0 Å². The number of morpholine rings is 1. The molecule has 1 fully saturated rings. The largest absolute Gasteiger partial charge is 0.379 e. The Kier molecular flexibility index (Phi) is 7.25. The second kappa shape index (κ2) is 10.3. The number of rotatable bonds is 7. The van der Waals surface area contributed by atoms with E-state index in [4.69, 9.17) is 16.3 Å². The van der Waals surface area contributed by atoms with Crippen LogP contribution >= 0.6 is 11.6 Å². The third-order valence-corrected chi connectivity index (χ3v) is 6.26. The number of benzene rings is 2. The molecule has 1 atom stereocenters. The molecule has 1 unspecified atom stereocenters. The number of amides is 1. The number of hydrogen-bond acceptors (Lipinski definition) is 4. The highest BCUT2D eigenvalue weighted by Crippen LogP contribution is 2.24. The molecule has 0 aliphatic carbocycles. The van der Waals surface area contributed by atoms with Gasteiger partial charge in [-0.25, -0.2) is 4.68 Å². The first-order chi connectivity index (χ1) is 15.5. The van der Waals surface area contributed by atoms with Crippen LogP contribution in [0.1, 0.15) is 38.8 Å². The van der Waals surface area contributed by atoms with Crippen molar-refractivity contribution in [3.63, 3.8) is 0 Å². The highest BCUT2D eigenvalue weighted by atomic mass is 35.5. The fourth-order valence-corrected chi connectivity index (χ4v) is 4.41. The molecular weight excluding hydrogens is 424 g/mol. The van der Waals surface area contributed by atoms with Crippen LogP contribution in [-0.4, -0.2) is 53.4 Å². The average molecular weight is 453 g/mol. The van der Waals surface area contributed by atoms with Gasteiger partial charge in [-0.05, 0) is 25.0 Å². The van der Waals surface area contributed by atoms with Gasteiger partial charge in [0.25, 0.3) is 5.91 Å². The molecule has 1 N–H and O–H groups in total. The first kappa shape index (κ1) is 22.5. The Morgan fingerprint density at radius 3 is 2.47 bits per heavy atom. The smallest absolute Gasteiger partial charge is 0.256 e. The van der Waals surface area contributed by atoms with Crippen molar-refractivity contribution in [2.45, 2.75) is 26.4 Å². The van der Waals surface area contributed by atoms with Crippen molar-refractivity contribution in [1.29, 1.82) is 0 Å². The van der Waals surface area contributed by atoms with E-state index < -0.39 is 0 Å². The van der Waals surface area contributed by atoms with E-state index in [0.717, 1.165) is 18.7 Å². The van der Waals surface area contributed by atoms with Gasteiger partial charge in [-0.3, -0.25) is 9.69 Å². The summed E-state index contributed by atoms with van der Waals surface area (Å²) in [7, 11) is 0. The predicted molar refractivity (Wildman–Crippen MR) is 126 cm³/mol. The summed E-state index contributed by atoms with van der Waals surface area (Å²) in [5.41, 5.74) is 4.54. The molecule has 0 saturated carbocycles. The molecule has 32 heavy (non-hydrogen) atoms. The van der Waals surface area contributed by atoms with E-state index in [0.29, 0.717) is 42.7 Å². The number of hydrogen-bond donors (Lipinski definition) is 1. The fraction of sp³-hybridized carbons (Fsp3) is 0.360. The van der Waals surface area contributed by atoms with Crippen LogP contribution < -0.4 is 5.32 Å². The number of carbonyl (C=O) groups is 1. The van der Waals surface area contributed by atoms with Gasteiger partial charge in [0.2, 0.25) is 0 Å². The Morgan fingerprint density at radius 1 is 1.09 bits per heavy atom. The van der Waals surface area contributed by atoms with Gasteiger partial charge in [0.05, 0.1) is 37.1 Å². The zero-order valence-electron chi connectivity index (χ0n) is 18.6. The molecule has 2 heterocycles. The van der Waals surface area contributed by atoms with Gasteiger partial charge in [-0.15, -0.1) is 0 Å². The minimum Gasteiger partial charge on any atom is -0.379 e. The molecule has 0 bridgehead atoms. The zero-order valence-corrected chi connectivity index (χ0v) is 19.3. The van der Waals surface area contributed by atoms with E-state index in [-0.39, 0.29) is 11.9 Å². The van der Waals surface area contributed by atoms with Crippen LogP contribution in [0.25, 0.3) is 0 Å². The fourth-order valence-electron chi connectivity index (χ4n) is 4.09. The van der Waals surface area contributed by atoms with Crippen LogP contribution in [0, 0.1) is 13.8 Å². The van der Waals surface area contributed by atoms with E-state index >= 15 is 0 Å². The number of ether oxygens (including phenoxy) is 1. The molecule has 7 heteroatoms. The number of aromatic nitrogens is 2. The van der Waals surface area contributed by atoms with E-state index in [1.807, 2.05) is 37.3 Å². The molecule has 0 radical (unpaired) electrons. The lowest BCUT2D eigenvalue weighted by Crippen LogP contribution is -2.43. The molecular formula is C25H29ClN4O2. The molecule has 3 aromatic rings. The molecule has 0 spiro atoms. The van der Waals surface area contributed by atoms with Gasteiger partial charge in [0.15, 0.2) is 0 Å². The Hall–Kier alpha value is -2.67. The highest BCUT2D eigenvalue weighted by Gasteiger charge is 2.25. The second-order valence-electron chi connectivity index (χ2n) is 8.18. The maximum atomic E-state index is 13.1. The molecule has 1 aromatic heterocycles. The van der Waals surface area contributed by atoms with Crippen LogP contribution in [-0.2, 0) is 11.3 Å². The summed E-state index contributed by atoms with van der Waals surface area (Å²) in [6.45, 7) is 7.98. The Balaban J connectivity index is 1.50. The van der Waals surface area contributed by atoms with Gasteiger partial charge in [-0.1, -0.05) is 71.8 Å². The van der Waals surface area contributed by atoms with Crippen molar-refractivity contribution in [3.8, 4) is 0 Å². The predicted octanol–water partition coefficient (Wildman–Crippen LogP) is 4.00. The summed E-state index contributed by atoms with van der Waals surface area (Å²) in [6, 6.07) is 18.5. The van der Waals surface area contributed by atoms with Crippen LogP contribution in [0.15, 0.2) is 54.6 Å². The molecule has 6 nitrogen and oxygen atoms in total. The van der Waals surface area contributed by atoms with E-state index in [1.165, 1.54) is 11.1 Å². The van der Waals surface area contributed by atoms with E-state index in [1.54, 1.807) is 4.68 Å². The van der Waals surface area contributed by atoms with Gasteiger partial charge < -0.3 is 10.1 Å². The Labute approximate surface area is 194 Å². The molecule has 168 valence electrons. The summed E-state index contributed by atoms with van der Waals surface area (Å²) in [4.78, 5) is 15.5. The number of nitrogens with one attached hydrogen (secondary N) is 1. The molecule has 2 aromatic carbocycles. The average Bonchev–Trinajstić information content (AvgIpc) is 3.09. The minimum atomic E-state index is -0.197. The van der Waals surface area contributed by atoms with Gasteiger partial charge >= 0.3 is 0 Å². The Morgan fingerprint density at radius 2 is 1.78 bits per heavy atom. The molecule has 1 aliphatic heterocycles. The van der Waals surface area contributed by atoms with Crippen molar-refractivity contribution in [1.82, 2.24) is 20.0 Å². The number of halogens is 1. The normalized spacial score (nSPS) is 15.5. The summed E-state index contributed by atoms with van der Waals surface area (Å²) in [6.07, 6.45) is 0. The second-order valence-corrected chi connectivity index (χ2v) is 8.54. The van der Waals surface area contributed by atoms with Crippen molar-refractivity contribution in [2.75, 3.05) is 32.8 Å². The Bertz CT molecular complexity index is 1040. The third kappa shape index (κ3) is 5.21. The van der Waals surface area contributed by atoms with Gasteiger partial charge in [0, 0.05) is 19.6 Å². The zero-order chi connectivity index (χ0) is 22.5. The summed E-state index contributed by atoms with van der Waals surface area (Å²) in [5, 5.41) is 7.98. The van der Waals surface area contributed by atoms with Gasteiger partial charge in [-0.2, -0.15) is 5.10 Å². The van der Waals surface area contributed by atoms with Crippen molar-refractivity contribution >= 4 is 17.5 Å². The SMILES string of the molecule is Cc1ccc(C(CNC(=O)c2c(C)nn(Cc3ccccc3)c2Cl)N2CCOCC2)cc1. The lowest BCUT2D eigenvalue weighted by Gasteiger charge is -2.35. The first-order valence-electron chi connectivity index (χ1n) is 11.0. The molecule has 1 amide bonds. The summed E-state index contributed by atoms with van der Waals surface area (Å²) in [5.74, 6) is -0.197. The summed E-state index contributed by atoms with van der Waals surface area (Å²) < 4.78 is 7.21. The number of nitrogens with zero attached hydrogens (tertiary/aromatic N) is 3. The van der Waals surface area contributed by atoms with Gasteiger partial charge in [0.1, 0.15) is 5.15 Å². The maximum absolute atomic E-state index is 13.1. The van der Waals surface area contributed by atoms with Crippen LogP contribution in [0.4, 0.5) is 0 Å². The van der Waals surface area contributed by atoms with E-state index in [2.05, 4.69) is 46.5 Å². The monoisotopic (exact) mass is 452 g/mol. The molecule has 4 rings (SSSR count). The highest BCUT2D eigenvalue weighted by molar-refractivity contribution is 6.33. The standard InChI is InChI=1S/C25H29ClN4O2/c1-18-8-10-21(11-9-18)22(29-12-14-32-15-13-29)16-27-25(31)23-19(2)28-30(24(23)26)17-20-6-4-3-5-7-20/h3-11,22H,12-17H2,1-2H3,(H,27,31). The quantitative estimate of drug-likeness (QED) is 0.588. The third-order valence-electron chi connectivity index (χ3n) is 5.87. The first-order valence-corrected chi connectivity index (χ1v) is 11.3. The lowest BCUT2D eigenvalue weighted by molar-refractivity contribution is 0.0162. The molecule has 1 saturated heterocycles. The lowest BCUT2D eigenvalue weighted by atomic mass is 10.0. The van der Waals surface area contributed by atoms with E-state index in [9.17, 15) is 4.79 Å². The topological polar surface area (TPSA) is 59.4 Å². The van der Waals surface area contributed by atoms with Crippen molar-refractivity contribution in [2.24, 2.45) is 0 Å². The minimum absolute atomic E-state index is 0.0712. The maximum Gasteiger partial charge on any atom is 0.256 e. The number of aryl methyl sites for hydroxylation is 2. The van der Waals surface area contributed by atoms with Crippen molar-refractivity contribution in [3.05, 3.63) is 87.7 Å². The number of carbonyl (C=O) groups excluding carboxylic acids is 1. The van der Waals surface area contributed by atoms with Crippen molar-refractivity contribution < 1.29 is 9.53 Å². The summed E-state index contributed by atoms with van der Waals surface area (Å²) >= 11 is 6.59. The van der Waals surface area contributed by atoms with Crippen LogP contribution in [0.3, 0.4) is 0 Å².